The number of halogens is 2. The summed E-state index contributed by atoms with van der Waals surface area (Å²) in [6.45, 7) is 7.01. The van der Waals surface area contributed by atoms with Crippen molar-refractivity contribution in [2.45, 2.75) is 72.6 Å². The van der Waals surface area contributed by atoms with Gasteiger partial charge in [-0.2, -0.15) is 0 Å². The van der Waals surface area contributed by atoms with Crippen LogP contribution < -0.4 is 0 Å². The monoisotopic (exact) mass is 405 g/mol. The van der Waals surface area contributed by atoms with Crippen LogP contribution in [0.5, 0.6) is 0 Å². The van der Waals surface area contributed by atoms with Crippen LogP contribution in [0.15, 0.2) is 18.2 Å². The number of rotatable bonds is 9. The molecule has 0 nitrogen and oxygen atoms in total. The van der Waals surface area contributed by atoms with Crippen molar-refractivity contribution in [2.24, 2.45) is 0 Å². The van der Waals surface area contributed by atoms with Crippen molar-refractivity contribution in [2.75, 3.05) is 0 Å². The molecular weight excluding hydrogens is 373 g/mol. The van der Waals surface area contributed by atoms with E-state index in [1.54, 1.807) is 13.3 Å². The molecule has 0 unspecified atom stereocenters. The first-order valence-electron chi connectivity index (χ1n) is 8.47. The van der Waals surface area contributed by atoms with E-state index in [4.69, 9.17) is 0 Å². The molecule has 0 aliphatic rings. The molecule has 0 atom stereocenters. The third-order valence-electron chi connectivity index (χ3n) is 3.62. The normalized spacial score (nSPS) is 10.4. The summed E-state index contributed by atoms with van der Waals surface area (Å²) in [6, 6.07) is 5.41. The predicted octanol–water partition coefficient (Wildman–Crippen LogP) is 6.38. The van der Waals surface area contributed by atoms with E-state index in [9.17, 15) is 8.78 Å². The van der Waals surface area contributed by atoms with Crippen molar-refractivity contribution >= 4 is 19.8 Å². The summed E-state index contributed by atoms with van der Waals surface area (Å²) in [7, 11) is 0. The maximum Gasteiger partial charge on any atom is 0.134 e. The Morgan fingerprint density at radius 1 is 0.810 bits per heavy atom. The molecule has 0 saturated carbocycles. The second-order valence-corrected chi connectivity index (χ2v) is 15.5. The van der Waals surface area contributed by atoms with Gasteiger partial charge in [-0.15, -0.1) is 0 Å². The summed E-state index contributed by atoms with van der Waals surface area (Å²) in [5.41, 5.74) is 0. The summed E-state index contributed by atoms with van der Waals surface area (Å²) in [5.74, 6) is -1.32. The van der Waals surface area contributed by atoms with Gasteiger partial charge in [0.25, 0.3) is 0 Å². The smallest absolute Gasteiger partial charge is 0.134 e. The fraction of sp³-hybridized carbons (Fsp3) is 0.667. The maximum absolute atomic E-state index is 11.9. The summed E-state index contributed by atoms with van der Waals surface area (Å²) < 4.78 is 28.8. The zero-order valence-electron chi connectivity index (χ0n) is 13.9. The quantitative estimate of drug-likeness (QED) is 0.419. The Labute approximate surface area is 137 Å². The molecular formula is C18H31F2Sn. The van der Waals surface area contributed by atoms with Gasteiger partial charge in [-0.05, 0) is 12.1 Å². The van der Waals surface area contributed by atoms with E-state index in [2.05, 4.69) is 20.8 Å². The molecule has 0 N–H and O–H groups in total. The first-order valence-corrected chi connectivity index (χ1v) is 15.5. The van der Waals surface area contributed by atoms with Gasteiger partial charge in [0.1, 0.15) is 11.6 Å². The van der Waals surface area contributed by atoms with Gasteiger partial charge >= 0.3 is 92.4 Å². The Kier molecular flexibility index (Phi) is 14.7. The van der Waals surface area contributed by atoms with Crippen LogP contribution in [0.3, 0.4) is 0 Å². The van der Waals surface area contributed by atoms with E-state index in [1.807, 2.05) is 6.07 Å². The van der Waals surface area contributed by atoms with Crippen LogP contribution >= 0.6 is 0 Å². The number of hydrogen-bond acceptors (Lipinski definition) is 0. The van der Waals surface area contributed by atoms with E-state index < -0.39 is 31.4 Å². The zero-order chi connectivity index (χ0) is 15.9. The fourth-order valence-corrected chi connectivity index (χ4v) is 13.2. The first kappa shape index (κ1) is 20.9. The fourth-order valence-electron chi connectivity index (χ4n) is 2.33. The van der Waals surface area contributed by atoms with E-state index in [0.29, 0.717) is 0 Å². The van der Waals surface area contributed by atoms with Gasteiger partial charge in [-0.1, -0.05) is 6.07 Å². The van der Waals surface area contributed by atoms with Crippen LogP contribution in [-0.2, 0) is 0 Å². The topological polar surface area (TPSA) is 0 Å². The van der Waals surface area contributed by atoms with Gasteiger partial charge in [0.05, 0.1) is 6.07 Å². The van der Waals surface area contributed by atoms with Gasteiger partial charge in [-0.25, -0.2) is 8.78 Å². The molecule has 0 aliphatic carbocycles. The molecule has 1 radical (unpaired) electrons. The standard InChI is InChI=1S/C6H3F2.3C4H9.Sn.H/c7-5-2-1-3-6(8)4-5;3*1-3-4-2;;/h1-3H;3*1,3-4H2,2H3;;. The molecule has 1 aromatic carbocycles. The van der Waals surface area contributed by atoms with Crippen LogP contribution in [0.1, 0.15) is 59.3 Å². The van der Waals surface area contributed by atoms with Crippen molar-refractivity contribution in [1.29, 1.82) is 0 Å². The Morgan fingerprint density at radius 2 is 1.19 bits per heavy atom. The molecule has 1 aromatic rings. The summed E-state index contributed by atoms with van der Waals surface area (Å²) in [4.78, 5) is 0. The van der Waals surface area contributed by atoms with Crippen molar-refractivity contribution in [1.82, 2.24) is 0 Å². The Hall–Kier alpha value is -0.121. The summed E-state index contributed by atoms with van der Waals surface area (Å²) in [6.07, 6.45) is 8.87. The van der Waals surface area contributed by atoms with Crippen LogP contribution in [0, 0.1) is 17.7 Å². The molecule has 0 bridgehead atoms. The van der Waals surface area contributed by atoms with Crippen LogP contribution in [0.2, 0.25) is 13.3 Å². The Balaban J connectivity index is 0.000000423. The van der Waals surface area contributed by atoms with Crippen LogP contribution in [-0.4, -0.2) is 19.8 Å². The third-order valence-corrected chi connectivity index (χ3v) is 14.1. The number of benzene rings is 1. The van der Waals surface area contributed by atoms with E-state index in [0.717, 1.165) is 12.1 Å². The number of hydrogen-bond donors (Lipinski definition) is 0. The van der Waals surface area contributed by atoms with E-state index >= 15 is 0 Å². The van der Waals surface area contributed by atoms with Gasteiger partial charge in [0, 0.05) is 0 Å². The predicted molar refractivity (Wildman–Crippen MR) is 91.5 cm³/mol. The van der Waals surface area contributed by atoms with Gasteiger partial charge in [-0.3, -0.25) is 0 Å². The second-order valence-electron chi connectivity index (χ2n) is 5.64. The summed E-state index contributed by atoms with van der Waals surface area (Å²) >= 11 is -0.967. The zero-order valence-corrected chi connectivity index (χ0v) is 17.2. The summed E-state index contributed by atoms with van der Waals surface area (Å²) in [5, 5.41) is 0. The Bertz CT molecular complexity index is 305. The molecule has 0 saturated heterocycles. The largest absolute Gasteiger partial charge is 0.206 e. The molecule has 0 heterocycles. The van der Waals surface area contributed by atoms with Crippen molar-refractivity contribution in [3.63, 3.8) is 0 Å². The molecule has 0 fully saturated rings. The number of unbranched alkanes of at least 4 members (excludes halogenated alkanes) is 3. The SMILES string of the molecule is CCC[CH2][SnH]([CH2]CCC)[CH2]CCC.Fc1[c]c(F)ccc1. The van der Waals surface area contributed by atoms with E-state index in [-0.39, 0.29) is 0 Å². The molecule has 3 heteroatoms. The maximum atomic E-state index is 11.9. The molecule has 0 spiro atoms. The van der Waals surface area contributed by atoms with Gasteiger partial charge in [0.2, 0.25) is 0 Å². The van der Waals surface area contributed by atoms with Crippen LogP contribution in [0.4, 0.5) is 8.78 Å². The van der Waals surface area contributed by atoms with Crippen molar-refractivity contribution < 1.29 is 8.78 Å². The van der Waals surface area contributed by atoms with E-state index in [1.165, 1.54) is 44.6 Å². The van der Waals surface area contributed by atoms with Crippen molar-refractivity contribution in [3.05, 3.63) is 35.9 Å². The van der Waals surface area contributed by atoms with Crippen molar-refractivity contribution in [3.8, 4) is 0 Å². The third kappa shape index (κ3) is 13.3. The average Bonchev–Trinajstić information content (AvgIpc) is 2.47. The Morgan fingerprint density at radius 3 is 1.43 bits per heavy atom. The minimum atomic E-state index is -0.967. The van der Waals surface area contributed by atoms with Crippen LogP contribution in [0.25, 0.3) is 0 Å². The molecule has 21 heavy (non-hydrogen) atoms. The molecule has 121 valence electrons. The average molecular weight is 404 g/mol. The molecule has 0 amide bonds. The minimum absolute atomic E-state index is 0.662. The van der Waals surface area contributed by atoms with Gasteiger partial charge in [0.15, 0.2) is 0 Å². The minimum Gasteiger partial charge on any atom is -0.206 e. The molecule has 0 aromatic heterocycles. The first-order chi connectivity index (χ1) is 10.1. The molecule has 0 aliphatic heterocycles. The van der Waals surface area contributed by atoms with Gasteiger partial charge < -0.3 is 0 Å². The second kappa shape index (κ2) is 14.8. The molecule has 1 rings (SSSR count).